The van der Waals surface area contributed by atoms with E-state index in [0.717, 1.165) is 46.4 Å². The maximum absolute atomic E-state index is 11.6. The van der Waals surface area contributed by atoms with Gasteiger partial charge >= 0.3 is 5.97 Å². The number of carbonyl (C=O) groups is 1. The Labute approximate surface area is 178 Å². The molecule has 0 saturated carbocycles. The Bertz CT molecular complexity index is 976. The fraction of sp³-hybridized carbons (Fsp3) is 0.222. The van der Waals surface area contributed by atoms with Crippen LogP contribution >= 0.6 is 0 Å². The summed E-state index contributed by atoms with van der Waals surface area (Å²) in [6.07, 6.45) is 6.84. The van der Waals surface area contributed by atoms with E-state index in [1.165, 1.54) is 0 Å². The molecule has 0 unspecified atom stereocenters. The number of rotatable bonds is 10. The highest BCUT2D eigenvalue weighted by molar-refractivity contribution is 5.72. The van der Waals surface area contributed by atoms with Crippen LogP contribution < -0.4 is 4.74 Å². The summed E-state index contributed by atoms with van der Waals surface area (Å²) in [5.41, 5.74) is 4.91. The van der Waals surface area contributed by atoms with E-state index in [2.05, 4.69) is 31.2 Å². The number of carboxylic acids is 1. The van der Waals surface area contributed by atoms with Gasteiger partial charge in [-0.3, -0.25) is 4.79 Å². The summed E-state index contributed by atoms with van der Waals surface area (Å²) in [6.45, 7) is 2.58. The molecule has 3 aromatic rings. The lowest BCUT2D eigenvalue weighted by molar-refractivity contribution is -0.136. The van der Waals surface area contributed by atoms with Crippen molar-refractivity contribution in [3.8, 4) is 5.75 Å². The number of hydrogen-bond acceptors (Lipinski definition) is 2. The lowest BCUT2D eigenvalue weighted by atomic mass is 9.94. The summed E-state index contributed by atoms with van der Waals surface area (Å²) < 4.78 is 6.24. The molecular formula is C27H28O3. The topological polar surface area (TPSA) is 46.5 Å². The van der Waals surface area contributed by atoms with Crippen LogP contribution in [0.5, 0.6) is 5.75 Å². The van der Waals surface area contributed by atoms with Gasteiger partial charge < -0.3 is 9.84 Å². The second-order valence-electron chi connectivity index (χ2n) is 7.35. The van der Waals surface area contributed by atoms with Crippen molar-refractivity contribution in [1.29, 1.82) is 0 Å². The number of aliphatic carboxylic acids is 1. The minimum absolute atomic E-state index is 0.0285. The molecule has 0 bridgehead atoms. The van der Waals surface area contributed by atoms with E-state index < -0.39 is 5.97 Å². The summed E-state index contributed by atoms with van der Waals surface area (Å²) >= 11 is 0. The summed E-state index contributed by atoms with van der Waals surface area (Å²) in [5, 5.41) is 9.50. The molecule has 0 atom stereocenters. The molecule has 0 aromatic heterocycles. The van der Waals surface area contributed by atoms with Crippen LogP contribution in [0.25, 0.3) is 6.08 Å². The molecule has 0 spiro atoms. The average molecular weight is 401 g/mol. The third kappa shape index (κ3) is 6.35. The van der Waals surface area contributed by atoms with Crippen LogP contribution in [0.4, 0.5) is 0 Å². The van der Waals surface area contributed by atoms with Gasteiger partial charge in [-0.05, 0) is 34.7 Å². The average Bonchev–Trinajstić information content (AvgIpc) is 2.75. The van der Waals surface area contributed by atoms with E-state index in [-0.39, 0.29) is 6.42 Å². The number of allylic oxidation sites excluding steroid dienone is 1. The van der Waals surface area contributed by atoms with Crippen molar-refractivity contribution in [1.82, 2.24) is 0 Å². The number of ether oxygens (including phenoxy) is 1. The van der Waals surface area contributed by atoms with Gasteiger partial charge in [-0.25, -0.2) is 0 Å². The maximum Gasteiger partial charge on any atom is 0.307 e. The van der Waals surface area contributed by atoms with Crippen LogP contribution in [0.15, 0.2) is 78.9 Å². The Morgan fingerprint density at radius 1 is 0.967 bits per heavy atom. The molecule has 0 aliphatic carbocycles. The summed E-state index contributed by atoms with van der Waals surface area (Å²) in [7, 11) is 0. The van der Waals surface area contributed by atoms with Crippen molar-refractivity contribution in [2.45, 2.75) is 39.2 Å². The van der Waals surface area contributed by atoms with Gasteiger partial charge in [0.25, 0.3) is 0 Å². The van der Waals surface area contributed by atoms with E-state index in [1.54, 1.807) is 0 Å². The van der Waals surface area contributed by atoms with Crippen LogP contribution in [0.1, 0.15) is 47.6 Å². The predicted octanol–water partition coefficient (Wildman–Crippen LogP) is 6.30. The Kier molecular flexibility index (Phi) is 7.85. The minimum Gasteiger partial charge on any atom is -0.489 e. The van der Waals surface area contributed by atoms with E-state index in [0.29, 0.717) is 13.0 Å². The molecule has 0 heterocycles. The van der Waals surface area contributed by atoms with Gasteiger partial charge in [0.2, 0.25) is 0 Å². The van der Waals surface area contributed by atoms with Crippen molar-refractivity contribution in [3.63, 3.8) is 0 Å². The highest BCUT2D eigenvalue weighted by Gasteiger charge is 2.15. The molecule has 3 rings (SSSR count). The summed E-state index contributed by atoms with van der Waals surface area (Å²) in [4.78, 5) is 11.6. The van der Waals surface area contributed by atoms with Gasteiger partial charge in [-0.1, -0.05) is 92.2 Å². The van der Waals surface area contributed by atoms with Gasteiger partial charge in [-0.15, -0.1) is 0 Å². The van der Waals surface area contributed by atoms with E-state index in [1.807, 2.05) is 60.7 Å². The van der Waals surface area contributed by atoms with Crippen LogP contribution in [0, 0.1) is 0 Å². The van der Waals surface area contributed by atoms with Gasteiger partial charge in [0.1, 0.15) is 12.4 Å². The molecule has 0 radical (unpaired) electrons. The normalized spacial score (nSPS) is 11.0. The molecule has 0 amide bonds. The maximum atomic E-state index is 11.6. The second kappa shape index (κ2) is 11.0. The SMILES string of the molecule is CCC/C=C/c1cc(CC(=O)O)c(Cc2ccccc2)c(OCc2ccccc2)c1. The number of unbranched alkanes of at least 4 members (excludes halogenated alkanes) is 1. The zero-order chi connectivity index (χ0) is 21.2. The molecule has 0 saturated heterocycles. The predicted molar refractivity (Wildman–Crippen MR) is 122 cm³/mol. The molecule has 3 heteroatoms. The lowest BCUT2D eigenvalue weighted by Gasteiger charge is -2.17. The minimum atomic E-state index is -0.840. The van der Waals surface area contributed by atoms with Crippen LogP contribution in [-0.4, -0.2) is 11.1 Å². The van der Waals surface area contributed by atoms with Gasteiger partial charge in [-0.2, -0.15) is 0 Å². The summed E-state index contributed by atoms with van der Waals surface area (Å²) in [6, 6.07) is 24.1. The lowest BCUT2D eigenvalue weighted by Crippen LogP contribution is -2.08. The first-order valence-corrected chi connectivity index (χ1v) is 10.4. The van der Waals surface area contributed by atoms with E-state index >= 15 is 0 Å². The molecule has 0 aliphatic heterocycles. The standard InChI is InChI=1S/C27H28O3/c1-2-3-6-15-23-16-24(19-27(28)29)25(17-21-11-7-4-8-12-21)26(18-23)30-20-22-13-9-5-10-14-22/h4-16,18H,2-3,17,19-20H2,1H3,(H,28,29)/b15-6+. The zero-order valence-electron chi connectivity index (χ0n) is 17.4. The Balaban J connectivity index is 2.00. The van der Waals surface area contributed by atoms with Gasteiger partial charge in [0.15, 0.2) is 0 Å². The van der Waals surface area contributed by atoms with Crippen molar-refractivity contribution in [3.05, 3.63) is 107 Å². The molecular weight excluding hydrogens is 372 g/mol. The highest BCUT2D eigenvalue weighted by Crippen LogP contribution is 2.30. The third-order valence-corrected chi connectivity index (χ3v) is 4.89. The second-order valence-corrected chi connectivity index (χ2v) is 7.35. The quantitative estimate of drug-likeness (QED) is 0.434. The number of hydrogen-bond donors (Lipinski definition) is 1. The monoisotopic (exact) mass is 400 g/mol. The van der Waals surface area contributed by atoms with Crippen molar-refractivity contribution >= 4 is 12.0 Å². The molecule has 0 fully saturated rings. The highest BCUT2D eigenvalue weighted by atomic mass is 16.5. The van der Waals surface area contributed by atoms with Gasteiger partial charge in [0, 0.05) is 12.0 Å². The Hall–Kier alpha value is -3.33. The smallest absolute Gasteiger partial charge is 0.307 e. The first-order valence-electron chi connectivity index (χ1n) is 10.4. The Morgan fingerprint density at radius 3 is 2.27 bits per heavy atom. The largest absolute Gasteiger partial charge is 0.489 e. The van der Waals surface area contributed by atoms with Crippen LogP contribution in [0.3, 0.4) is 0 Å². The van der Waals surface area contributed by atoms with E-state index in [9.17, 15) is 9.90 Å². The first-order chi connectivity index (χ1) is 14.7. The molecule has 1 N–H and O–H groups in total. The van der Waals surface area contributed by atoms with Crippen molar-refractivity contribution < 1.29 is 14.6 Å². The van der Waals surface area contributed by atoms with Crippen molar-refractivity contribution in [2.24, 2.45) is 0 Å². The number of carboxylic acid groups (broad SMARTS) is 1. The van der Waals surface area contributed by atoms with Gasteiger partial charge in [0.05, 0.1) is 6.42 Å². The fourth-order valence-electron chi connectivity index (χ4n) is 3.39. The Morgan fingerprint density at radius 2 is 1.63 bits per heavy atom. The number of benzene rings is 3. The first kappa shape index (κ1) is 21.4. The van der Waals surface area contributed by atoms with Crippen molar-refractivity contribution in [2.75, 3.05) is 0 Å². The fourth-order valence-corrected chi connectivity index (χ4v) is 3.39. The molecule has 3 aromatic carbocycles. The molecule has 3 nitrogen and oxygen atoms in total. The molecule has 30 heavy (non-hydrogen) atoms. The summed E-state index contributed by atoms with van der Waals surface area (Å²) in [5.74, 6) is -0.0920. The third-order valence-electron chi connectivity index (χ3n) is 4.89. The molecule has 0 aliphatic rings. The van der Waals surface area contributed by atoms with E-state index in [4.69, 9.17) is 4.74 Å². The zero-order valence-corrected chi connectivity index (χ0v) is 17.4. The molecule has 154 valence electrons. The van der Waals surface area contributed by atoms with Crippen LogP contribution in [-0.2, 0) is 24.2 Å². The van der Waals surface area contributed by atoms with Crippen LogP contribution in [0.2, 0.25) is 0 Å².